The number of anilines is 1. The molecule has 0 unspecified atom stereocenters. The Bertz CT molecular complexity index is 952. The van der Waals surface area contributed by atoms with Gasteiger partial charge >= 0.3 is 0 Å². The molecular formula is C21H22N4O2S. The molecule has 1 amide bonds. The summed E-state index contributed by atoms with van der Waals surface area (Å²) in [6, 6.07) is 13.8. The molecule has 1 N–H and O–H groups in total. The van der Waals surface area contributed by atoms with Crippen LogP contribution in [0.15, 0.2) is 48.7 Å². The first-order valence-corrected chi connectivity index (χ1v) is 10.1. The fraction of sp³-hybridized carbons (Fsp3) is 0.286. The summed E-state index contributed by atoms with van der Waals surface area (Å²) in [6.07, 6.45) is 1.79. The summed E-state index contributed by atoms with van der Waals surface area (Å²) in [5.74, 6) is 0.811. The second kappa shape index (κ2) is 8.50. The Morgan fingerprint density at radius 2 is 1.96 bits per heavy atom. The molecule has 0 aliphatic carbocycles. The van der Waals surface area contributed by atoms with Crippen molar-refractivity contribution in [1.82, 2.24) is 15.3 Å². The molecule has 4 rings (SSSR count). The highest BCUT2D eigenvalue weighted by Gasteiger charge is 2.19. The normalized spacial score (nSPS) is 14.1. The van der Waals surface area contributed by atoms with E-state index in [1.807, 2.05) is 49.4 Å². The molecule has 2 aromatic heterocycles. The van der Waals surface area contributed by atoms with Crippen LogP contribution >= 0.6 is 11.3 Å². The number of aromatic nitrogens is 2. The molecule has 1 aliphatic rings. The van der Waals surface area contributed by atoms with Crippen LogP contribution in [-0.4, -0.2) is 42.2 Å². The van der Waals surface area contributed by atoms with Crippen LogP contribution in [0.3, 0.4) is 0 Å². The van der Waals surface area contributed by atoms with E-state index >= 15 is 0 Å². The van der Waals surface area contributed by atoms with Crippen LogP contribution in [-0.2, 0) is 11.3 Å². The molecule has 7 heteroatoms. The van der Waals surface area contributed by atoms with Crippen molar-refractivity contribution in [2.24, 2.45) is 0 Å². The van der Waals surface area contributed by atoms with E-state index in [2.05, 4.69) is 20.2 Å². The monoisotopic (exact) mass is 394 g/mol. The molecule has 1 fully saturated rings. The van der Waals surface area contributed by atoms with Gasteiger partial charge in [-0.05, 0) is 13.0 Å². The summed E-state index contributed by atoms with van der Waals surface area (Å²) in [6.45, 7) is 5.33. The highest BCUT2D eigenvalue weighted by atomic mass is 32.1. The minimum absolute atomic E-state index is 0.103. The van der Waals surface area contributed by atoms with Gasteiger partial charge in [0.05, 0.1) is 18.9 Å². The Morgan fingerprint density at radius 3 is 2.75 bits per heavy atom. The predicted octanol–water partition coefficient (Wildman–Crippen LogP) is 3.28. The van der Waals surface area contributed by atoms with Gasteiger partial charge in [-0.2, -0.15) is 0 Å². The summed E-state index contributed by atoms with van der Waals surface area (Å²) in [5.41, 5.74) is 2.78. The van der Waals surface area contributed by atoms with E-state index in [1.165, 1.54) is 11.3 Å². The molecule has 3 aromatic rings. The molecule has 1 aromatic carbocycles. The molecule has 28 heavy (non-hydrogen) atoms. The fourth-order valence-corrected chi connectivity index (χ4v) is 4.18. The minimum atomic E-state index is -0.103. The van der Waals surface area contributed by atoms with Gasteiger partial charge in [0.2, 0.25) is 0 Å². The number of nitrogens with one attached hydrogen (secondary N) is 1. The van der Waals surface area contributed by atoms with Crippen molar-refractivity contribution >= 4 is 23.1 Å². The van der Waals surface area contributed by atoms with Crippen LogP contribution in [0.25, 0.3) is 10.6 Å². The van der Waals surface area contributed by atoms with Gasteiger partial charge in [-0.15, -0.1) is 11.3 Å². The first-order chi connectivity index (χ1) is 13.7. The number of nitrogens with zero attached hydrogens (tertiary/aromatic N) is 3. The second-order valence-electron chi connectivity index (χ2n) is 6.57. The zero-order valence-corrected chi connectivity index (χ0v) is 16.5. The predicted molar refractivity (Wildman–Crippen MR) is 111 cm³/mol. The maximum Gasteiger partial charge on any atom is 0.263 e. The number of benzene rings is 1. The van der Waals surface area contributed by atoms with Gasteiger partial charge in [0.25, 0.3) is 5.91 Å². The lowest BCUT2D eigenvalue weighted by atomic mass is 10.2. The van der Waals surface area contributed by atoms with Crippen LogP contribution in [0.1, 0.15) is 20.9 Å². The first-order valence-electron chi connectivity index (χ1n) is 9.30. The van der Waals surface area contributed by atoms with Crippen molar-refractivity contribution in [1.29, 1.82) is 0 Å². The molecule has 6 nitrogen and oxygen atoms in total. The molecule has 0 saturated carbocycles. The molecule has 0 spiro atoms. The van der Waals surface area contributed by atoms with Crippen LogP contribution in [0, 0.1) is 6.92 Å². The van der Waals surface area contributed by atoms with Gasteiger partial charge in [0.1, 0.15) is 15.7 Å². The van der Waals surface area contributed by atoms with E-state index in [0.29, 0.717) is 24.6 Å². The molecule has 1 saturated heterocycles. The van der Waals surface area contributed by atoms with Crippen molar-refractivity contribution in [2.45, 2.75) is 13.5 Å². The van der Waals surface area contributed by atoms with E-state index in [-0.39, 0.29) is 5.91 Å². The van der Waals surface area contributed by atoms with Crippen LogP contribution in [0.4, 0.5) is 5.82 Å². The van der Waals surface area contributed by atoms with E-state index in [4.69, 9.17) is 4.74 Å². The zero-order chi connectivity index (χ0) is 19.3. The number of pyridine rings is 1. The van der Waals surface area contributed by atoms with E-state index in [9.17, 15) is 4.79 Å². The van der Waals surface area contributed by atoms with Gasteiger partial charge in [-0.1, -0.05) is 36.4 Å². The van der Waals surface area contributed by atoms with Gasteiger partial charge in [0.15, 0.2) is 0 Å². The molecule has 0 bridgehead atoms. The average molecular weight is 395 g/mol. The SMILES string of the molecule is Cc1nc(-c2ccccc2)sc1C(=O)NCc1cccnc1N1CCOCC1. The maximum atomic E-state index is 12.8. The molecule has 144 valence electrons. The number of rotatable bonds is 5. The molecule has 1 aliphatic heterocycles. The average Bonchev–Trinajstić information content (AvgIpc) is 3.15. The van der Waals surface area contributed by atoms with E-state index in [1.54, 1.807) is 6.20 Å². The Kier molecular flexibility index (Phi) is 5.64. The number of hydrogen-bond donors (Lipinski definition) is 1. The van der Waals surface area contributed by atoms with Crippen LogP contribution in [0.2, 0.25) is 0 Å². The van der Waals surface area contributed by atoms with E-state index < -0.39 is 0 Å². The lowest BCUT2D eigenvalue weighted by Crippen LogP contribution is -2.37. The zero-order valence-electron chi connectivity index (χ0n) is 15.7. The van der Waals surface area contributed by atoms with Crippen molar-refractivity contribution < 1.29 is 9.53 Å². The fourth-order valence-electron chi connectivity index (χ4n) is 3.20. The van der Waals surface area contributed by atoms with Crippen molar-refractivity contribution in [3.05, 3.63) is 64.8 Å². The third kappa shape index (κ3) is 4.05. The highest BCUT2D eigenvalue weighted by molar-refractivity contribution is 7.17. The Morgan fingerprint density at radius 1 is 1.18 bits per heavy atom. The number of amides is 1. The second-order valence-corrected chi connectivity index (χ2v) is 7.57. The maximum absolute atomic E-state index is 12.8. The Labute approximate surface area is 168 Å². The van der Waals surface area contributed by atoms with Gasteiger partial charge in [-0.3, -0.25) is 4.79 Å². The van der Waals surface area contributed by atoms with Crippen molar-refractivity contribution in [2.75, 3.05) is 31.2 Å². The molecule has 0 radical (unpaired) electrons. The number of morpholine rings is 1. The number of thiazole rings is 1. The van der Waals surface area contributed by atoms with Crippen molar-refractivity contribution in [3.63, 3.8) is 0 Å². The van der Waals surface area contributed by atoms with Gasteiger partial charge in [-0.25, -0.2) is 9.97 Å². The summed E-state index contributed by atoms with van der Waals surface area (Å²) >= 11 is 1.42. The summed E-state index contributed by atoms with van der Waals surface area (Å²) in [7, 11) is 0. The summed E-state index contributed by atoms with van der Waals surface area (Å²) < 4.78 is 5.42. The van der Waals surface area contributed by atoms with E-state index in [0.717, 1.165) is 40.7 Å². The molecular weight excluding hydrogens is 372 g/mol. The standard InChI is InChI=1S/C21H22N4O2S/c1-15-18(28-21(24-15)16-6-3-2-4-7-16)20(26)23-14-17-8-5-9-22-19(17)25-10-12-27-13-11-25/h2-9H,10-14H2,1H3,(H,23,26). The minimum Gasteiger partial charge on any atom is -0.378 e. The van der Waals surface area contributed by atoms with Crippen molar-refractivity contribution in [3.8, 4) is 10.6 Å². The first kappa shape index (κ1) is 18.6. The quantitative estimate of drug-likeness (QED) is 0.719. The van der Waals surface area contributed by atoms with Gasteiger partial charge in [0, 0.05) is 37.0 Å². The van der Waals surface area contributed by atoms with Gasteiger partial charge < -0.3 is 15.0 Å². The number of hydrogen-bond acceptors (Lipinski definition) is 6. The Balaban J connectivity index is 1.48. The smallest absolute Gasteiger partial charge is 0.263 e. The lowest BCUT2D eigenvalue weighted by molar-refractivity contribution is 0.0954. The molecule has 0 atom stereocenters. The number of ether oxygens (including phenoxy) is 1. The Hall–Kier alpha value is -2.77. The highest BCUT2D eigenvalue weighted by Crippen LogP contribution is 2.28. The molecule has 3 heterocycles. The van der Waals surface area contributed by atoms with Crippen LogP contribution in [0.5, 0.6) is 0 Å². The third-order valence-electron chi connectivity index (χ3n) is 4.64. The summed E-state index contributed by atoms with van der Waals surface area (Å²) in [5, 5.41) is 3.89. The number of carbonyl (C=O) groups excluding carboxylic acids is 1. The topological polar surface area (TPSA) is 67.4 Å². The summed E-state index contributed by atoms with van der Waals surface area (Å²) in [4.78, 5) is 24.7. The lowest BCUT2D eigenvalue weighted by Gasteiger charge is -2.29. The third-order valence-corrected chi connectivity index (χ3v) is 5.85. The number of carbonyl (C=O) groups is 1. The largest absolute Gasteiger partial charge is 0.378 e. The number of aryl methyl sites for hydroxylation is 1. The van der Waals surface area contributed by atoms with Crippen LogP contribution < -0.4 is 10.2 Å².